The maximum atomic E-state index is 13.0. The Morgan fingerprint density at radius 1 is 1.24 bits per heavy atom. The van der Waals surface area contributed by atoms with E-state index in [0.717, 1.165) is 4.88 Å². The summed E-state index contributed by atoms with van der Waals surface area (Å²) >= 11 is 1.50. The summed E-state index contributed by atoms with van der Waals surface area (Å²) in [7, 11) is 0. The highest BCUT2D eigenvalue weighted by atomic mass is 32.1. The van der Waals surface area contributed by atoms with Crippen LogP contribution >= 0.6 is 11.3 Å². The van der Waals surface area contributed by atoms with E-state index >= 15 is 0 Å². The first-order valence-electron chi connectivity index (χ1n) is 7.40. The van der Waals surface area contributed by atoms with Crippen LogP contribution in [0.1, 0.15) is 16.1 Å². The molecule has 0 amide bonds. The van der Waals surface area contributed by atoms with E-state index in [1.54, 1.807) is 13.0 Å². The van der Waals surface area contributed by atoms with Crippen molar-refractivity contribution in [3.63, 3.8) is 0 Å². The second kappa shape index (κ2) is 6.10. The number of aromatic nitrogens is 2. The van der Waals surface area contributed by atoms with Crippen LogP contribution in [0.4, 0.5) is 4.39 Å². The van der Waals surface area contributed by atoms with E-state index in [-0.39, 0.29) is 11.5 Å². The van der Waals surface area contributed by atoms with Gasteiger partial charge in [-0.3, -0.25) is 0 Å². The van der Waals surface area contributed by atoms with Gasteiger partial charge in [0.1, 0.15) is 11.6 Å². The Balaban J connectivity index is 1.80. The summed E-state index contributed by atoms with van der Waals surface area (Å²) in [5.41, 5.74) is 1.72. The third kappa shape index (κ3) is 2.89. The number of halogens is 1. The lowest BCUT2D eigenvalue weighted by Crippen LogP contribution is -2.10. The van der Waals surface area contributed by atoms with E-state index in [1.807, 2.05) is 17.5 Å². The summed E-state index contributed by atoms with van der Waals surface area (Å²) in [6.45, 7) is 1.73. The molecule has 5 nitrogen and oxygen atoms in total. The van der Waals surface area contributed by atoms with Crippen LogP contribution in [0.5, 0.6) is 5.75 Å². The minimum absolute atomic E-state index is 0.253. The van der Waals surface area contributed by atoms with Crippen LogP contribution in [-0.2, 0) is 0 Å². The van der Waals surface area contributed by atoms with Gasteiger partial charge in [-0.05, 0) is 48.7 Å². The molecule has 0 spiro atoms. The molecule has 3 heterocycles. The van der Waals surface area contributed by atoms with Crippen molar-refractivity contribution in [2.45, 2.75) is 6.92 Å². The van der Waals surface area contributed by atoms with Gasteiger partial charge in [0.15, 0.2) is 0 Å². The number of nitrogens with zero attached hydrogens (tertiary/aromatic N) is 2. The maximum absolute atomic E-state index is 13.0. The summed E-state index contributed by atoms with van der Waals surface area (Å²) in [6, 6.07) is 10.7. The van der Waals surface area contributed by atoms with Gasteiger partial charge in [-0.1, -0.05) is 11.2 Å². The number of carbonyl (C=O) groups excluding carboxylic acids is 1. The fourth-order valence-corrected chi connectivity index (χ4v) is 3.16. The number of carbonyl (C=O) groups is 1. The molecule has 0 aliphatic heterocycles. The van der Waals surface area contributed by atoms with Crippen molar-refractivity contribution in [1.82, 2.24) is 10.1 Å². The van der Waals surface area contributed by atoms with Crippen molar-refractivity contribution < 1.29 is 18.4 Å². The number of rotatable bonds is 3. The zero-order valence-electron chi connectivity index (χ0n) is 13.0. The molecule has 0 fully saturated rings. The number of thiophene rings is 1. The molecule has 0 saturated carbocycles. The van der Waals surface area contributed by atoms with Gasteiger partial charge in [-0.15, -0.1) is 11.3 Å². The lowest BCUT2D eigenvalue weighted by molar-refractivity contribution is 0.0736. The number of aryl methyl sites for hydroxylation is 1. The molecule has 1 aromatic carbocycles. The molecule has 0 radical (unpaired) electrons. The normalized spacial score (nSPS) is 11.0. The third-order valence-electron chi connectivity index (χ3n) is 3.63. The van der Waals surface area contributed by atoms with Crippen molar-refractivity contribution >= 4 is 28.4 Å². The predicted octanol–water partition coefficient (Wildman–Crippen LogP) is 4.62. The van der Waals surface area contributed by atoms with Crippen LogP contribution in [0.15, 0.2) is 52.4 Å². The molecule has 25 heavy (non-hydrogen) atoms. The number of ether oxygens (including phenoxy) is 1. The molecule has 4 aromatic rings. The molecule has 0 atom stereocenters. The van der Waals surface area contributed by atoms with Crippen LogP contribution in [0.2, 0.25) is 0 Å². The second-order valence-electron chi connectivity index (χ2n) is 5.32. The van der Waals surface area contributed by atoms with Gasteiger partial charge < -0.3 is 9.26 Å². The molecule has 4 rings (SSSR count). The van der Waals surface area contributed by atoms with E-state index in [9.17, 15) is 9.18 Å². The quantitative estimate of drug-likeness (QED) is 0.397. The Morgan fingerprint density at radius 3 is 2.76 bits per heavy atom. The Labute approximate surface area is 145 Å². The molecule has 0 aliphatic carbocycles. The Bertz CT molecular complexity index is 1060. The van der Waals surface area contributed by atoms with Gasteiger partial charge >= 0.3 is 5.97 Å². The van der Waals surface area contributed by atoms with E-state index in [2.05, 4.69) is 10.1 Å². The number of hydrogen-bond donors (Lipinski definition) is 0. The highest BCUT2D eigenvalue weighted by molar-refractivity contribution is 7.13. The van der Waals surface area contributed by atoms with Gasteiger partial charge in [-0.2, -0.15) is 0 Å². The zero-order valence-corrected chi connectivity index (χ0v) is 13.8. The number of pyridine rings is 1. The fraction of sp³-hybridized carbons (Fsp3) is 0.0556. The number of benzene rings is 1. The van der Waals surface area contributed by atoms with Crippen LogP contribution in [0, 0.1) is 12.7 Å². The Morgan fingerprint density at radius 2 is 2.04 bits per heavy atom. The van der Waals surface area contributed by atoms with E-state index in [1.165, 1.54) is 35.6 Å². The topological polar surface area (TPSA) is 65.2 Å². The fourth-order valence-electron chi connectivity index (χ4n) is 2.47. The first-order chi connectivity index (χ1) is 12.1. The minimum atomic E-state index is -0.580. The number of hydrogen-bond acceptors (Lipinski definition) is 6. The molecule has 7 heteroatoms. The van der Waals surface area contributed by atoms with Crippen molar-refractivity contribution in [2.24, 2.45) is 0 Å². The number of fused-ring (bicyclic) bond motifs is 1. The molecular weight excluding hydrogens is 343 g/mol. The first kappa shape index (κ1) is 15.5. The Hall–Kier alpha value is -3.06. The maximum Gasteiger partial charge on any atom is 0.344 e. The Kier molecular flexibility index (Phi) is 3.77. The van der Waals surface area contributed by atoms with Crippen LogP contribution in [0.25, 0.3) is 21.7 Å². The lowest BCUT2D eigenvalue weighted by atomic mass is 10.1. The molecule has 0 unspecified atom stereocenters. The largest absolute Gasteiger partial charge is 0.423 e. The average molecular weight is 354 g/mol. The molecule has 0 N–H and O–H groups in total. The molecular formula is C18H11FN2O3S. The van der Waals surface area contributed by atoms with Crippen molar-refractivity contribution in [1.29, 1.82) is 0 Å². The molecule has 3 aromatic heterocycles. The monoisotopic (exact) mass is 354 g/mol. The molecule has 0 saturated heterocycles. The van der Waals surface area contributed by atoms with Gasteiger partial charge in [0.25, 0.3) is 5.71 Å². The number of esters is 1. The van der Waals surface area contributed by atoms with E-state index in [0.29, 0.717) is 22.3 Å². The van der Waals surface area contributed by atoms with Gasteiger partial charge in [0.2, 0.25) is 0 Å². The summed E-state index contributed by atoms with van der Waals surface area (Å²) in [6.07, 6.45) is 0. The van der Waals surface area contributed by atoms with Gasteiger partial charge in [0.05, 0.1) is 27.2 Å². The molecule has 0 bridgehead atoms. The van der Waals surface area contributed by atoms with E-state index < -0.39 is 11.8 Å². The van der Waals surface area contributed by atoms with Gasteiger partial charge in [0, 0.05) is 0 Å². The van der Waals surface area contributed by atoms with Crippen molar-refractivity contribution in [2.75, 3.05) is 0 Å². The van der Waals surface area contributed by atoms with Crippen LogP contribution in [0.3, 0.4) is 0 Å². The SMILES string of the molecule is Cc1noc2nc(-c3cccs3)cc(C(=O)Oc3ccc(F)cc3)c12. The van der Waals surface area contributed by atoms with Crippen LogP contribution < -0.4 is 4.74 Å². The molecule has 124 valence electrons. The highest BCUT2D eigenvalue weighted by Crippen LogP contribution is 2.30. The highest BCUT2D eigenvalue weighted by Gasteiger charge is 2.21. The van der Waals surface area contributed by atoms with Crippen molar-refractivity contribution in [3.05, 3.63) is 64.9 Å². The third-order valence-corrected chi connectivity index (χ3v) is 4.53. The standard InChI is InChI=1S/C18H11FN2O3S/c1-10-16-13(18(22)23-12-6-4-11(19)5-7-12)9-14(15-3-2-8-25-15)20-17(16)24-21-10/h2-9H,1H3. The minimum Gasteiger partial charge on any atom is -0.423 e. The average Bonchev–Trinajstić information content (AvgIpc) is 3.26. The van der Waals surface area contributed by atoms with Crippen molar-refractivity contribution in [3.8, 4) is 16.3 Å². The summed E-state index contributed by atoms with van der Waals surface area (Å²) in [5, 5.41) is 6.32. The second-order valence-corrected chi connectivity index (χ2v) is 6.27. The summed E-state index contributed by atoms with van der Waals surface area (Å²) in [4.78, 5) is 18.0. The smallest absolute Gasteiger partial charge is 0.344 e. The lowest BCUT2D eigenvalue weighted by Gasteiger charge is -2.07. The van der Waals surface area contributed by atoms with Crippen LogP contribution in [-0.4, -0.2) is 16.1 Å². The predicted molar refractivity (Wildman–Crippen MR) is 91.2 cm³/mol. The summed E-state index contributed by atoms with van der Waals surface area (Å²) in [5.74, 6) is -0.729. The zero-order chi connectivity index (χ0) is 17.4. The van der Waals surface area contributed by atoms with Gasteiger partial charge in [-0.25, -0.2) is 14.2 Å². The summed E-state index contributed by atoms with van der Waals surface area (Å²) < 4.78 is 23.6. The first-order valence-corrected chi connectivity index (χ1v) is 8.28. The van der Waals surface area contributed by atoms with E-state index in [4.69, 9.17) is 9.26 Å². The molecule has 0 aliphatic rings.